The molecule has 5 heteroatoms. The first-order chi connectivity index (χ1) is 7.31. The molecule has 0 spiro atoms. The number of carbonyl (C=O) groups is 1. The number of aromatic nitrogens is 1. The third kappa shape index (κ3) is 2.35. The van der Waals surface area contributed by atoms with Crippen molar-refractivity contribution >= 4 is 44.0 Å². The summed E-state index contributed by atoms with van der Waals surface area (Å²) in [5.74, 6) is 0. The van der Waals surface area contributed by atoms with Crippen LogP contribution < -0.4 is 0 Å². The Labute approximate surface area is 99.4 Å². The molecule has 0 N–H and O–H groups in total. The van der Waals surface area contributed by atoms with Gasteiger partial charge in [-0.2, -0.15) is 4.37 Å². The fraction of sp³-hybridized carbons (Fsp3) is 0.200. The Morgan fingerprint density at radius 3 is 3.13 bits per heavy atom. The van der Waals surface area contributed by atoms with E-state index < -0.39 is 0 Å². The van der Waals surface area contributed by atoms with Crippen molar-refractivity contribution in [3.05, 3.63) is 30.0 Å². The first-order valence-corrected chi connectivity index (χ1v) is 6.06. The molecule has 0 amide bonds. The predicted octanol–water partition coefficient (Wildman–Crippen LogP) is 2.73. The topological polar surface area (TPSA) is 39.2 Å². The van der Waals surface area contributed by atoms with Crippen LogP contribution in [0.15, 0.2) is 24.3 Å². The van der Waals surface area contributed by atoms with Crippen LogP contribution in [0.4, 0.5) is 0 Å². The lowest BCUT2D eigenvalue weighted by Gasteiger charge is -2.04. The van der Waals surface area contributed by atoms with Crippen LogP contribution in [-0.2, 0) is 16.0 Å². The number of hydrogen-bond acceptors (Lipinski definition) is 4. The molecular weight excluding hydrogens is 278 g/mol. The summed E-state index contributed by atoms with van der Waals surface area (Å²) in [6.07, 6.45) is 0.586. The normalized spacial score (nSPS) is 12.6. The Morgan fingerprint density at radius 1 is 1.53 bits per heavy atom. The van der Waals surface area contributed by atoms with Crippen molar-refractivity contribution in [2.24, 2.45) is 0 Å². The minimum atomic E-state index is -0.305. The van der Waals surface area contributed by atoms with Crippen molar-refractivity contribution in [2.75, 3.05) is 0 Å². The Hall–Kier alpha value is -0.940. The molecule has 0 radical (unpaired) electrons. The molecule has 0 aliphatic heterocycles. The van der Waals surface area contributed by atoms with E-state index in [9.17, 15) is 4.79 Å². The van der Waals surface area contributed by atoms with E-state index in [1.165, 1.54) is 11.5 Å². The van der Waals surface area contributed by atoms with Gasteiger partial charge in [0.15, 0.2) is 5.01 Å². The molecule has 1 aromatic heterocycles. The fourth-order valence-corrected chi connectivity index (χ4v) is 2.55. The van der Waals surface area contributed by atoms with Crippen molar-refractivity contribution < 1.29 is 9.53 Å². The van der Waals surface area contributed by atoms with E-state index in [0.29, 0.717) is 12.9 Å². The number of rotatable bonds is 4. The van der Waals surface area contributed by atoms with Crippen LogP contribution in [0, 0.1) is 0 Å². The van der Waals surface area contributed by atoms with Gasteiger partial charge in [-0.1, -0.05) is 18.2 Å². The van der Waals surface area contributed by atoms with Crippen LogP contribution in [0.1, 0.15) is 5.69 Å². The summed E-state index contributed by atoms with van der Waals surface area (Å²) in [4.78, 5) is 10.1. The minimum Gasteiger partial charge on any atom is -0.453 e. The molecular formula is C10H8BrNO2S. The molecule has 1 heterocycles. The molecule has 0 aliphatic carbocycles. The van der Waals surface area contributed by atoms with Crippen molar-refractivity contribution in [3.8, 4) is 0 Å². The summed E-state index contributed by atoms with van der Waals surface area (Å²) in [5.41, 5.74) is 0.958. The van der Waals surface area contributed by atoms with Crippen LogP contribution >= 0.6 is 27.5 Å². The minimum absolute atomic E-state index is 0.305. The standard InChI is InChI=1S/C10H8BrNO2S/c11-10(14-6-13)5-8-7-3-1-2-4-9(7)15-12-8/h1-4,6,10H,5H2. The van der Waals surface area contributed by atoms with E-state index in [4.69, 9.17) is 4.74 Å². The predicted molar refractivity (Wildman–Crippen MR) is 63.2 cm³/mol. The first kappa shape index (κ1) is 10.6. The SMILES string of the molecule is O=COC(Br)Cc1nsc2ccccc12. The van der Waals surface area contributed by atoms with Crippen LogP contribution in [0.2, 0.25) is 0 Å². The summed E-state index contributed by atoms with van der Waals surface area (Å²) >= 11 is 4.72. The summed E-state index contributed by atoms with van der Waals surface area (Å²) in [6.45, 7) is 0.438. The highest BCUT2D eigenvalue weighted by Gasteiger charge is 2.11. The average Bonchev–Trinajstić information content (AvgIpc) is 2.62. The van der Waals surface area contributed by atoms with Crippen LogP contribution in [-0.4, -0.2) is 15.9 Å². The molecule has 78 valence electrons. The second kappa shape index (κ2) is 4.72. The second-order valence-electron chi connectivity index (χ2n) is 2.97. The Bertz CT molecular complexity index is 471. The van der Waals surface area contributed by atoms with Gasteiger partial charge >= 0.3 is 0 Å². The van der Waals surface area contributed by atoms with Crippen molar-refractivity contribution in [1.82, 2.24) is 4.37 Å². The largest absolute Gasteiger partial charge is 0.453 e. The summed E-state index contributed by atoms with van der Waals surface area (Å²) in [6, 6.07) is 8.01. The van der Waals surface area contributed by atoms with Crippen molar-refractivity contribution in [2.45, 2.75) is 11.4 Å². The molecule has 0 aliphatic rings. The maximum absolute atomic E-state index is 10.1. The highest BCUT2D eigenvalue weighted by molar-refractivity contribution is 9.09. The third-order valence-electron chi connectivity index (χ3n) is 2.01. The van der Waals surface area contributed by atoms with Gasteiger partial charge in [-0.05, 0) is 33.5 Å². The molecule has 15 heavy (non-hydrogen) atoms. The van der Waals surface area contributed by atoms with Gasteiger partial charge in [-0.15, -0.1) is 0 Å². The quantitative estimate of drug-likeness (QED) is 0.641. The van der Waals surface area contributed by atoms with E-state index >= 15 is 0 Å². The lowest BCUT2D eigenvalue weighted by atomic mass is 10.2. The maximum atomic E-state index is 10.1. The molecule has 1 aromatic carbocycles. The first-order valence-electron chi connectivity index (χ1n) is 4.37. The summed E-state index contributed by atoms with van der Waals surface area (Å²) < 4.78 is 10.2. The van der Waals surface area contributed by atoms with E-state index in [1.807, 2.05) is 24.3 Å². The number of nitrogens with zero attached hydrogens (tertiary/aromatic N) is 1. The molecule has 3 nitrogen and oxygen atoms in total. The molecule has 1 unspecified atom stereocenters. The maximum Gasteiger partial charge on any atom is 0.294 e. The molecule has 0 saturated heterocycles. The van der Waals surface area contributed by atoms with Gasteiger partial charge in [-0.25, -0.2) is 0 Å². The molecule has 2 aromatic rings. The number of ether oxygens (including phenoxy) is 1. The smallest absolute Gasteiger partial charge is 0.294 e. The zero-order chi connectivity index (χ0) is 10.7. The molecule has 2 rings (SSSR count). The van der Waals surface area contributed by atoms with Gasteiger partial charge in [0.25, 0.3) is 6.47 Å². The summed E-state index contributed by atoms with van der Waals surface area (Å²) in [7, 11) is 0. The van der Waals surface area contributed by atoms with Gasteiger partial charge in [0.1, 0.15) is 0 Å². The van der Waals surface area contributed by atoms with Crippen LogP contribution in [0.25, 0.3) is 10.1 Å². The number of carbonyl (C=O) groups excluding carboxylic acids is 1. The van der Waals surface area contributed by atoms with Crippen molar-refractivity contribution in [1.29, 1.82) is 0 Å². The number of benzene rings is 1. The zero-order valence-electron chi connectivity index (χ0n) is 7.72. The van der Waals surface area contributed by atoms with Crippen molar-refractivity contribution in [3.63, 3.8) is 0 Å². The monoisotopic (exact) mass is 285 g/mol. The average molecular weight is 286 g/mol. The van der Waals surface area contributed by atoms with Gasteiger partial charge in [0.2, 0.25) is 0 Å². The molecule has 0 fully saturated rings. The number of hydrogen-bond donors (Lipinski definition) is 0. The number of alkyl halides is 1. The molecule has 1 atom stereocenters. The van der Waals surface area contributed by atoms with Gasteiger partial charge in [-0.3, -0.25) is 4.79 Å². The van der Waals surface area contributed by atoms with Gasteiger partial charge in [0.05, 0.1) is 10.4 Å². The van der Waals surface area contributed by atoms with Crippen LogP contribution in [0.5, 0.6) is 0 Å². The van der Waals surface area contributed by atoms with Gasteiger partial charge in [0, 0.05) is 11.8 Å². The second-order valence-corrected chi connectivity index (χ2v) is 4.80. The Balaban J connectivity index is 2.24. The van der Waals surface area contributed by atoms with Crippen LogP contribution in [0.3, 0.4) is 0 Å². The van der Waals surface area contributed by atoms with E-state index in [2.05, 4.69) is 20.3 Å². The Kier molecular flexibility index (Phi) is 3.33. The van der Waals surface area contributed by atoms with E-state index in [0.717, 1.165) is 15.8 Å². The molecule has 0 saturated carbocycles. The lowest BCUT2D eigenvalue weighted by molar-refractivity contribution is -0.129. The van der Waals surface area contributed by atoms with Gasteiger partial charge < -0.3 is 4.74 Å². The summed E-state index contributed by atoms with van der Waals surface area (Å²) in [5, 5.41) is 0.821. The molecule has 0 bridgehead atoms. The Morgan fingerprint density at radius 2 is 2.33 bits per heavy atom. The highest BCUT2D eigenvalue weighted by Crippen LogP contribution is 2.24. The lowest BCUT2D eigenvalue weighted by Crippen LogP contribution is -2.06. The third-order valence-corrected chi connectivity index (χ3v) is 3.41. The number of halogens is 1. The zero-order valence-corrected chi connectivity index (χ0v) is 10.1. The number of fused-ring (bicyclic) bond motifs is 1. The highest BCUT2D eigenvalue weighted by atomic mass is 79.9. The fourth-order valence-electron chi connectivity index (χ4n) is 1.35. The van der Waals surface area contributed by atoms with E-state index in [-0.39, 0.29) is 5.01 Å². The van der Waals surface area contributed by atoms with E-state index in [1.54, 1.807) is 0 Å².